The SMILES string of the molecule is [C-]#[N+]C(C#N)(CCC(F)(F)F)Cc1cccnc1. The van der Waals surface area contributed by atoms with Crippen LogP contribution in [0.15, 0.2) is 24.5 Å². The maximum absolute atomic E-state index is 12.2. The summed E-state index contributed by atoms with van der Waals surface area (Å²) in [4.78, 5) is 6.91. The highest BCUT2D eigenvalue weighted by Gasteiger charge is 2.41. The van der Waals surface area contributed by atoms with Crippen LogP contribution in [0.25, 0.3) is 4.85 Å². The summed E-state index contributed by atoms with van der Waals surface area (Å²) in [5.74, 6) is 0. The molecule has 18 heavy (non-hydrogen) atoms. The van der Waals surface area contributed by atoms with Gasteiger partial charge in [-0.25, -0.2) is 6.57 Å². The summed E-state index contributed by atoms with van der Waals surface area (Å²) in [6, 6.07) is 4.96. The van der Waals surface area contributed by atoms with Crippen molar-refractivity contribution in [1.82, 2.24) is 4.98 Å². The first-order valence-corrected chi connectivity index (χ1v) is 5.16. The van der Waals surface area contributed by atoms with Gasteiger partial charge in [0.1, 0.15) is 0 Å². The van der Waals surface area contributed by atoms with Crippen LogP contribution in [-0.2, 0) is 6.42 Å². The molecular weight excluding hydrogens is 243 g/mol. The highest BCUT2D eigenvalue weighted by molar-refractivity contribution is 5.24. The first kappa shape index (κ1) is 14.0. The molecule has 0 fully saturated rings. The first-order chi connectivity index (χ1) is 8.41. The van der Waals surface area contributed by atoms with Gasteiger partial charge in [-0.05, 0) is 11.6 Å². The third kappa shape index (κ3) is 4.06. The molecule has 0 aliphatic carbocycles. The molecule has 0 saturated carbocycles. The minimum Gasteiger partial charge on any atom is -0.294 e. The molecule has 0 amide bonds. The maximum atomic E-state index is 12.2. The number of alkyl halides is 3. The van der Waals surface area contributed by atoms with E-state index in [1.807, 2.05) is 0 Å². The summed E-state index contributed by atoms with van der Waals surface area (Å²) in [6.45, 7) is 6.98. The summed E-state index contributed by atoms with van der Waals surface area (Å²) in [6.07, 6.45) is -3.09. The Kier molecular flexibility index (Phi) is 4.28. The molecule has 0 saturated heterocycles. The molecule has 3 nitrogen and oxygen atoms in total. The molecule has 0 N–H and O–H groups in total. The van der Waals surface area contributed by atoms with Gasteiger partial charge in [0.25, 0.3) is 0 Å². The topological polar surface area (TPSA) is 41.0 Å². The van der Waals surface area contributed by atoms with Crippen molar-refractivity contribution in [3.8, 4) is 6.07 Å². The lowest BCUT2D eigenvalue weighted by atomic mass is 9.89. The summed E-state index contributed by atoms with van der Waals surface area (Å²) >= 11 is 0. The molecule has 6 heteroatoms. The van der Waals surface area contributed by atoms with Gasteiger partial charge in [-0.3, -0.25) is 9.83 Å². The lowest BCUT2D eigenvalue weighted by Gasteiger charge is -2.15. The number of rotatable bonds is 4. The fraction of sp³-hybridized carbons (Fsp3) is 0.417. The summed E-state index contributed by atoms with van der Waals surface area (Å²) in [5, 5.41) is 8.98. The number of pyridine rings is 1. The predicted molar refractivity (Wildman–Crippen MR) is 58.2 cm³/mol. The Balaban J connectivity index is 2.83. The molecule has 1 heterocycles. The van der Waals surface area contributed by atoms with E-state index in [2.05, 4.69) is 9.83 Å². The van der Waals surface area contributed by atoms with Crippen molar-refractivity contribution in [2.75, 3.05) is 0 Å². The van der Waals surface area contributed by atoms with Gasteiger partial charge in [-0.15, -0.1) is 0 Å². The second-order valence-electron chi connectivity index (χ2n) is 3.91. The molecular formula is C12H10F3N3. The molecule has 1 rings (SSSR count). The zero-order chi connectivity index (χ0) is 13.6. The average Bonchev–Trinajstić information content (AvgIpc) is 2.35. The van der Waals surface area contributed by atoms with Crippen LogP contribution in [0.4, 0.5) is 13.2 Å². The van der Waals surface area contributed by atoms with E-state index < -0.39 is 24.6 Å². The normalized spacial score (nSPS) is 14.3. The molecule has 1 atom stereocenters. The Morgan fingerprint density at radius 3 is 2.56 bits per heavy atom. The van der Waals surface area contributed by atoms with E-state index >= 15 is 0 Å². The first-order valence-electron chi connectivity index (χ1n) is 5.16. The van der Waals surface area contributed by atoms with E-state index in [-0.39, 0.29) is 6.42 Å². The largest absolute Gasteiger partial charge is 0.389 e. The third-order valence-corrected chi connectivity index (χ3v) is 2.46. The van der Waals surface area contributed by atoms with Crippen molar-refractivity contribution in [2.45, 2.75) is 31.0 Å². The molecule has 0 aliphatic rings. The van der Waals surface area contributed by atoms with Gasteiger partial charge in [0.15, 0.2) is 6.07 Å². The molecule has 0 spiro atoms. The fourth-order valence-corrected chi connectivity index (χ4v) is 1.49. The van der Waals surface area contributed by atoms with Gasteiger partial charge in [-0.1, -0.05) is 6.07 Å². The Labute approximate surface area is 103 Å². The van der Waals surface area contributed by atoms with Crippen LogP contribution in [0.5, 0.6) is 0 Å². The highest BCUT2D eigenvalue weighted by atomic mass is 19.4. The number of nitrogens with zero attached hydrogens (tertiary/aromatic N) is 3. The van der Waals surface area contributed by atoms with E-state index in [1.165, 1.54) is 12.4 Å². The minimum atomic E-state index is -4.36. The van der Waals surface area contributed by atoms with Crippen molar-refractivity contribution in [1.29, 1.82) is 5.26 Å². The summed E-state index contributed by atoms with van der Waals surface area (Å²) < 4.78 is 36.5. The van der Waals surface area contributed by atoms with Gasteiger partial charge >= 0.3 is 11.7 Å². The highest BCUT2D eigenvalue weighted by Crippen LogP contribution is 2.30. The summed E-state index contributed by atoms with van der Waals surface area (Å²) in [5.41, 5.74) is -1.09. The molecule has 94 valence electrons. The van der Waals surface area contributed by atoms with Gasteiger partial charge in [-0.2, -0.15) is 18.4 Å². The van der Waals surface area contributed by atoms with Crippen LogP contribution in [-0.4, -0.2) is 16.7 Å². The van der Waals surface area contributed by atoms with Crippen LogP contribution >= 0.6 is 0 Å². The second-order valence-corrected chi connectivity index (χ2v) is 3.91. The second kappa shape index (κ2) is 5.50. The number of aromatic nitrogens is 1. The lowest BCUT2D eigenvalue weighted by Crippen LogP contribution is -2.28. The van der Waals surface area contributed by atoms with Crippen LogP contribution in [0.3, 0.4) is 0 Å². The molecule has 0 radical (unpaired) electrons. The van der Waals surface area contributed by atoms with E-state index in [4.69, 9.17) is 11.8 Å². The standard InChI is InChI=1S/C12H10F3N3/c1-17-11(9-16,4-5-12(13,14)15)7-10-3-2-6-18-8-10/h2-3,6,8H,4-5,7H2. The van der Waals surface area contributed by atoms with Crippen LogP contribution in [0.2, 0.25) is 0 Å². The van der Waals surface area contributed by atoms with Crippen LogP contribution in [0, 0.1) is 17.9 Å². The van der Waals surface area contributed by atoms with Crippen LogP contribution in [0.1, 0.15) is 18.4 Å². The molecule has 1 aromatic rings. The van der Waals surface area contributed by atoms with Gasteiger partial charge in [0.05, 0.1) is 12.8 Å². The molecule has 1 aromatic heterocycles. The van der Waals surface area contributed by atoms with Crippen molar-refractivity contribution in [2.24, 2.45) is 0 Å². The number of hydrogen-bond donors (Lipinski definition) is 0. The Morgan fingerprint density at radius 1 is 1.39 bits per heavy atom. The lowest BCUT2D eigenvalue weighted by molar-refractivity contribution is -0.136. The van der Waals surface area contributed by atoms with Gasteiger partial charge < -0.3 is 0 Å². The molecule has 0 bridgehead atoms. The average molecular weight is 253 g/mol. The van der Waals surface area contributed by atoms with Crippen LogP contribution < -0.4 is 0 Å². The molecule has 0 aliphatic heterocycles. The van der Waals surface area contributed by atoms with Crippen molar-refractivity contribution in [3.63, 3.8) is 0 Å². The third-order valence-electron chi connectivity index (χ3n) is 2.46. The van der Waals surface area contributed by atoms with E-state index in [0.717, 1.165) is 0 Å². The van der Waals surface area contributed by atoms with E-state index in [0.29, 0.717) is 5.56 Å². The Hall–Kier alpha value is -2.08. The smallest absolute Gasteiger partial charge is 0.294 e. The van der Waals surface area contributed by atoms with Gasteiger partial charge in [0.2, 0.25) is 0 Å². The Bertz CT molecular complexity index is 454. The molecule has 1 unspecified atom stereocenters. The number of halogens is 3. The van der Waals surface area contributed by atoms with E-state index in [1.54, 1.807) is 18.2 Å². The zero-order valence-corrected chi connectivity index (χ0v) is 9.41. The van der Waals surface area contributed by atoms with Gasteiger partial charge in [0, 0.05) is 18.8 Å². The molecule has 0 aromatic carbocycles. The van der Waals surface area contributed by atoms with Crippen molar-refractivity contribution >= 4 is 0 Å². The maximum Gasteiger partial charge on any atom is 0.389 e. The minimum absolute atomic E-state index is 0.0447. The monoisotopic (exact) mass is 253 g/mol. The number of nitriles is 1. The van der Waals surface area contributed by atoms with Crippen molar-refractivity contribution in [3.05, 3.63) is 41.5 Å². The van der Waals surface area contributed by atoms with Crippen molar-refractivity contribution < 1.29 is 13.2 Å². The summed E-state index contributed by atoms with van der Waals surface area (Å²) in [7, 11) is 0. The fourth-order valence-electron chi connectivity index (χ4n) is 1.49. The Morgan fingerprint density at radius 2 is 2.11 bits per heavy atom. The quantitative estimate of drug-likeness (QED) is 0.773. The van der Waals surface area contributed by atoms with E-state index in [9.17, 15) is 13.2 Å². The number of hydrogen-bond acceptors (Lipinski definition) is 2. The zero-order valence-electron chi connectivity index (χ0n) is 9.41. The predicted octanol–water partition coefficient (Wildman–Crippen LogP) is 3.15.